The summed E-state index contributed by atoms with van der Waals surface area (Å²) >= 11 is 0. The Labute approximate surface area is 105 Å². The molecule has 1 aliphatic heterocycles. The standard InChI is InChI=1S/C14H14N2O2/c1-9-6-7-15-12(8-9)16-13(17)10-4-2-3-5-11(10)14(16)18/h6-8H,2-5H2,1H3. The summed E-state index contributed by atoms with van der Waals surface area (Å²) in [6.45, 7) is 1.92. The van der Waals surface area contributed by atoms with Gasteiger partial charge in [-0.1, -0.05) is 0 Å². The first-order valence-electron chi connectivity index (χ1n) is 6.22. The monoisotopic (exact) mass is 242 g/mol. The van der Waals surface area contributed by atoms with Crippen molar-refractivity contribution in [3.63, 3.8) is 0 Å². The van der Waals surface area contributed by atoms with Crippen LogP contribution < -0.4 is 4.90 Å². The molecule has 92 valence electrons. The fourth-order valence-corrected chi connectivity index (χ4v) is 2.59. The minimum absolute atomic E-state index is 0.173. The molecule has 0 saturated heterocycles. The van der Waals surface area contributed by atoms with Gasteiger partial charge in [0.05, 0.1) is 0 Å². The minimum Gasteiger partial charge on any atom is -0.269 e. The SMILES string of the molecule is Cc1ccnc(N2C(=O)C3=C(CCCC3)C2=O)c1. The van der Waals surface area contributed by atoms with E-state index in [1.54, 1.807) is 12.3 Å². The lowest BCUT2D eigenvalue weighted by Crippen LogP contribution is -2.32. The van der Waals surface area contributed by atoms with Crippen molar-refractivity contribution in [1.82, 2.24) is 4.98 Å². The Morgan fingerprint density at radius 1 is 1.11 bits per heavy atom. The highest BCUT2D eigenvalue weighted by Crippen LogP contribution is 2.34. The zero-order chi connectivity index (χ0) is 12.7. The molecule has 0 saturated carbocycles. The van der Waals surface area contributed by atoms with Gasteiger partial charge >= 0.3 is 0 Å². The molecule has 1 aliphatic carbocycles. The van der Waals surface area contributed by atoms with Gasteiger partial charge < -0.3 is 0 Å². The van der Waals surface area contributed by atoms with Crippen LogP contribution in [-0.4, -0.2) is 16.8 Å². The quantitative estimate of drug-likeness (QED) is 0.709. The van der Waals surface area contributed by atoms with Crippen LogP contribution >= 0.6 is 0 Å². The molecule has 2 amide bonds. The first-order valence-corrected chi connectivity index (χ1v) is 6.22. The lowest BCUT2D eigenvalue weighted by atomic mass is 9.93. The Hall–Kier alpha value is -1.97. The molecule has 3 rings (SSSR count). The van der Waals surface area contributed by atoms with Crippen LogP contribution in [0.1, 0.15) is 31.2 Å². The molecular weight excluding hydrogens is 228 g/mol. The molecule has 2 heterocycles. The predicted molar refractivity (Wildman–Crippen MR) is 67.0 cm³/mol. The van der Waals surface area contributed by atoms with Crippen molar-refractivity contribution in [2.75, 3.05) is 4.90 Å². The van der Waals surface area contributed by atoms with Crippen molar-refractivity contribution in [3.8, 4) is 0 Å². The zero-order valence-electron chi connectivity index (χ0n) is 10.3. The molecule has 0 spiro atoms. The molecule has 0 bridgehead atoms. The number of carbonyl (C=O) groups is 2. The number of nitrogens with zero attached hydrogens (tertiary/aromatic N) is 2. The fourth-order valence-electron chi connectivity index (χ4n) is 2.59. The van der Waals surface area contributed by atoms with Crippen molar-refractivity contribution in [2.45, 2.75) is 32.6 Å². The maximum absolute atomic E-state index is 12.3. The highest BCUT2D eigenvalue weighted by Gasteiger charge is 2.40. The smallest absolute Gasteiger partial charge is 0.262 e. The van der Waals surface area contributed by atoms with Crippen LogP contribution in [0, 0.1) is 6.92 Å². The van der Waals surface area contributed by atoms with E-state index in [4.69, 9.17) is 0 Å². The van der Waals surface area contributed by atoms with Crippen molar-refractivity contribution in [2.24, 2.45) is 0 Å². The van der Waals surface area contributed by atoms with Gasteiger partial charge in [-0.05, 0) is 50.3 Å². The van der Waals surface area contributed by atoms with E-state index in [1.807, 2.05) is 13.0 Å². The molecular formula is C14H14N2O2. The summed E-state index contributed by atoms with van der Waals surface area (Å²) in [4.78, 5) is 29.9. The molecule has 0 atom stereocenters. The molecule has 0 radical (unpaired) electrons. The van der Waals surface area contributed by atoms with Crippen LogP contribution in [0.15, 0.2) is 29.5 Å². The fraction of sp³-hybridized carbons (Fsp3) is 0.357. The lowest BCUT2D eigenvalue weighted by molar-refractivity contribution is -0.120. The first kappa shape index (κ1) is 11.1. The largest absolute Gasteiger partial charge is 0.269 e. The summed E-state index contributed by atoms with van der Waals surface area (Å²) in [6.07, 6.45) is 5.06. The minimum atomic E-state index is -0.173. The third kappa shape index (κ3) is 1.56. The molecule has 4 nitrogen and oxygen atoms in total. The number of rotatable bonds is 1. The zero-order valence-corrected chi connectivity index (χ0v) is 10.3. The second-order valence-electron chi connectivity index (χ2n) is 4.80. The summed E-state index contributed by atoms with van der Waals surface area (Å²) in [7, 11) is 0. The lowest BCUT2D eigenvalue weighted by Gasteiger charge is -2.13. The Bertz CT molecular complexity index is 547. The first-order chi connectivity index (χ1) is 8.68. The van der Waals surface area contributed by atoms with Crippen LogP contribution in [-0.2, 0) is 9.59 Å². The molecule has 0 fully saturated rings. The molecule has 18 heavy (non-hydrogen) atoms. The number of aryl methyl sites for hydroxylation is 1. The summed E-state index contributed by atoms with van der Waals surface area (Å²) in [5, 5.41) is 0. The van der Waals surface area contributed by atoms with Gasteiger partial charge in [-0.15, -0.1) is 0 Å². The third-order valence-corrected chi connectivity index (χ3v) is 3.52. The van der Waals surface area contributed by atoms with Crippen molar-refractivity contribution in [1.29, 1.82) is 0 Å². The van der Waals surface area contributed by atoms with E-state index >= 15 is 0 Å². The van der Waals surface area contributed by atoms with E-state index in [1.165, 1.54) is 4.90 Å². The van der Waals surface area contributed by atoms with E-state index in [9.17, 15) is 9.59 Å². The molecule has 2 aliphatic rings. The summed E-state index contributed by atoms with van der Waals surface area (Å²) < 4.78 is 0. The normalized spacial score (nSPS) is 19.5. The maximum Gasteiger partial charge on any atom is 0.262 e. The van der Waals surface area contributed by atoms with E-state index in [0.29, 0.717) is 17.0 Å². The maximum atomic E-state index is 12.3. The Morgan fingerprint density at radius 3 is 2.28 bits per heavy atom. The third-order valence-electron chi connectivity index (χ3n) is 3.52. The second kappa shape index (κ2) is 4.05. The number of anilines is 1. The van der Waals surface area contributed by atoms with Gasteiger partial charge in [0.25, 0.3) is 11.8 Å². The number of amides is 2. The average molecular weight is 242 g/mol. The molecule has 4 heteroatoms. The Balaban J connectivity index is 2.02. The molecule has 0 aromatic carbocycles. The summed E-state index contributed by atoms with van der Waals surface area (Å²) in [5.41, 5.74) is 2.40. The van der Waals surface area contributed by atoms with Crippen molar-refractivity contribution >= 4 is 17.6 Å². The van der Waals surface area contributed by atoms with E-state index < -0.39 is 0 Å². The highest BCUT2D eigenvalue weighted by atomic mass is 16.2. The highest BCUT2D eigenvalue weighted by molar-refractivity contribution is 6.32. The van der Waals surface area contributed by atoms with Gasteiger partial charge in [0.2, 0.25) is 0 Å². The summed E-state index contributed by atoms with van der Waals surface area (Å²) in [5.74, 6) is 0.0972. The molecule has 1 aromatic rings. The number of pyridine rings is 1. The van der Waals surface area contributed by atoms with Crippen molar-refractivity contribution < 1.29 is 9.59 Å². The summed E-state index contributed by atoms with van der Waals surface area (Å²) in [6, 6.07) is 3.62. The average Bonchev–Trinajstić information content (AvgIpc) is 2.63. The van der Waals surface area contributed by atoms with Gasteiger partial charge in [0.15, 0.2) is 0 Å². The van der Waals surface area contributed by atoms with Gasteiger partial charge in [0, 0.05) is 17.3 Å². The van der Waals surface area contributed by atoms with Crippen LogP contribution in [0.3, 0.4) is 0 Å². The van der Waals surface area contributed by atoms with E-state index in [2.05, 4.69) is 4.98 Å². The van der Waals surface area contributed by atoms with Gasteiger partial charge in [-0.25, -0.2) is 9.88 Å². The van der Waals surface area contributed by atoms with Crippen LogP contribution in [0.2, 0.25) is 0 Å². The van der Waals surface area contributed by atoms with Gasteiger partial charge in [-0.3, -0.25) is 9.59 Å². The van der Waals surface area contributed by atoms with Gasteiger partial charge in [-0.2, -0.15) is 0 Å². The number of hydrogen-bond acceptors (Lipinski definition) is 3. The Morgan fingerprint density at radius 2 is 1.72 bits per heavy atom. The van der Waals surface area contributed by atoms with Crippen LogP contribution in [0.4, 0.5) is 5.82 Å². The number of hydrogen-bond donors (Lipinski definition) is 0. The molecule has 0 N–H and O–H groups in total. The predicted octanol–water partition coefficient (Wildman–Crippen LogP) is 2.13. The number of aromatic nitrogens is 1. The number of imide groups is 1. The molecule has 0 unspecified atom stereocenters. The Kier molecular flexibility index (Phi) is 2.51. The van der Waals surface area contributed by atoms with Crippen LogP contribution in [0.25, 0.3) is 0 Å². The van der Waals surface area contributed by atoms with E-state index in [0.717, 1.165) is 31.2 Å². The number of carbonyl (C=O) groups excluding carboxylic acids is 2. The van der Waals surface area contributed by atoms with Gasteiger partial charge in [0.1, 0.15) is 5.82 Å². The topological polar surface area (TPSA) is 50.3 Å². The second-order valence-corrected chi connectivity index (χ2v) is 4.80. The van der Waals surface area contributed by atoms with Crippen molar-refractivity contribution in [3.05, 3.63) is 35.0 Å². The van der Waals surface area contributed by atoms with E-state index in [-0.39, 0.29) is 11.8 Å². The van der Waals surface area contributed by atoms with Crippen LogP contribution in [0.5, 0.6) is 0 Å². The molecule has 1 aromatic heterocycles.